The summed E-state index contributed by atoms with van der Waals surface area (Å²) in [5, 5.41) is 1.21. The van der Waals surface area contributed by atoms with E-state index in [1.807, 2.05) is 0 Å². The molecule has 3 aromatic rings. The largest absolute Gasteiger partial charge is 0.253 e. The van der Waals surface area contributed by atoms with Gasteiger partial charge in [-0.3, -0.25) is 4.98 Å². The Hall–Kier alpha value is -2.15. The third-order valence-electron chi connectivity index (χ3n) is 4.12. The van der Waals surface area contributed by atoms with Crippen molar-refractivity contribution in [2.45, 2.75) is 26.2 Å². The van der Waals surface area contributed by atoms with E-state index >= 15 is 0 Å². The molecule has 1 nitrogen and oxygen atoms in total. The second kappa shape index (κ2) is 6.09. The molecule has 1 heterocycles. The molecule has 0 radical (unpaired) electrons. The Morgan fingerprint density at radius 1 is 0.810 bits per heavy atom. The third kappa shape index (κ3) is 3.13. The van der Waals surface area contributed by atoms with Gasteiger partial charge in [0.2, 0.25) is 0 Å². The second-order valence-corrected chi connectivity index (χ2v) is 5.96. The molecule has 0 fully saturated rings. The molecule has 0 bridgehead atoms. The number of fused-ring (bicyclic) bond motifs is 1. The molecule has 0 aliphatic heterocycles. The van der Waals surface area contributed by atoms with Crippen molar-refractivity contribution < 1.29 is 0 Å². The number of benzene rings is 2. The zero-order chi connectivity index (χ0) is 14.7. The molecule has 3 rings (SSSR count). The zero-order valence-corrected chi connectivity index (χ0v) is 12.7. The molecule has 1 aromatic heterocycles. The quantitative estimate of drug-likeness (QED) is 0.636. The normalized spacial score (nSPS) is 12.7. The summed E-state index contributed by atoms with van der Waals surface area (Å²) < 4.78 is 0. The van der Waals surface area contributed by atoms with E-state index in [0.717, 1.165) is 11.9 Å². The van der Waals surface area contributed by atoms with Crippen LogP contribution in [0.15, 0.2) is 66.7 Å². The van der Waals surface area contributed by atoms with Crippen LogP contribution in [0.4, 0.5) is 0 Å². The van der Waals surface area contributed by atoms with E-state index in [-0.39, 0.29) is 0 Å². The van der Waals surface area contributed by atoms with Gasteiger partial charge in [0.15, 0.2) is 0 Å². The molecule has 106 valence electrons. The lowest BCUT2D eigenvalue weighted by Gasteiger charge is -2.21. The van der Waals surface area contributed by atoms with Crippen LogP contribution in [-0.4, -0.2) is 4.98 Å². The molecule has 1 atom stereocenters. The number of hydrogen-bond acceptors (Lipinski definition) is 1. The Balaban J connectivity index is 1.91. The van der Waals surface area contributed by atoms with Crippen molar-refractivity contribution in [3.8, 4) is 0 Å². The monoisotopic (exact) mass is 275 g/mol. The van der Waals surface area contributed by atoms with Crippen molar-refractivity contribution >= 4 is 10.9 Å². The van der Waals surface area contributed by atoms with Crippen LogP contribution < -0.4 is 0 Å². The van der Waals surface area contributed by atoms with Gasteiger partial charge in [-0.25, -0.2) is 0 Å². The Kier molecular flexibility index (Phi) is 4.01. The van der Waals surface area contributed by atoms with Gasteiger partial charge in [0.1, 0.15) is 0 Å². The molecule has 21 heavy (non-hydrogen) atoms. The highest BCUT2D eigenvalue weighted by molar-refractivity contribution is 5.78. The van der Waals surface area contributed by atoms with Crippen LogP contribution in [0.5, 0.6) is 0 Å². The molecule has 1 heteroatoms. The standard InChI is InChI=1S/C20H21N/c1-15(2)19(16-8-4-3-5-9-16)14-18-13-12-17-10-6-7-11-20(17)21-18/h3-13,15,19H,14H2,1-2H3/t19-/m0/s1. The summed E-state index contributed by atoms with van der Waals surface area (Å²) in [6, 6.07) is 23.4. The molecule has 0 amide bonds. The summed E-state index contributed by atoms with van der Waals surface area (Å²) in [6.07, 6.45) is 0.993. The van der Waals surface area contributed by atoms with Crippen molar-refractivity contribution in [2.24, 2.45) is 5.92 Å². The summed E-state index contributed by atoms with van der Waals surface area (Å²) >= 11 is 0. The highest BCUT2D eigenvalue weighted by atomic mass is 14.7. The second-order valence-electron chi connectivity index (χ2n) is 5.96. The van der Waals surface area contributed by atoms with Crippen LogP contribution in [0.3, 0.4) is 0 Å². The molecule has 0 saturated carbocycles. The average Bonchev–Trinajstić information content (AvgIpc) is 2.53. The SMILES string of the molecule is CC(C)[C@H](Cc1ccc2ccccc2n1)c1ccccc1. The van der Waals surface area contributed by atoms with Gasteiger partial charge in [0.25, 0.3) is 0 Å². The van der Waals surface area contributed by atoms with Gasteiger partial charge in [0, 0.05) is 11.1 Å². The van der Waals surface area contributed by atoms with Gasteiger partial charge in [-0.05, 0) is 36.0 Å². The topological polar surface area (TPSA) is 12.9 Å². The van der Waals surface area contributed by atoms with Crippen molar-refractivity contribution in [1.82, 2.24) is 4.98 Å². The van der Waals surface area contributed by atoms with Crippen LogP contribution in [0.2, 0.25) is 0 Å². The number of para-hydroxylation sites is 1. The van der Waals surface area contributed by atoms with E-state index in [9.17, 15) is 0 Å². The summed E-state index contributed by atoms with van der Waals surface area (Å²) in [5.74, 6) is 1.11. The minimum atomic E-state index is 0.514. The zero-order valence-electron chi connectivity index (χ0n) is 12.7. The molecule has 0 aliphatic carbocycles. The fraction of sp³-hybridized carbons (Fsp3) is 0.250. The van der Waals surface area contributed by atoms with E-state index in [0.29, 0.717) is 11.8 Å². The van der Waals surface area contributed by atoms with Gasteiger partial charge in [-0.1, -0.05) is 68.4 Å². The Morgan fingerprint density at radius 2 is 1.52 bits per heavy atom. The molecule has 0 saturated heterocycles. The third-order valence-corrected chi connectivity index (χ3v) is 4.12. The first-order valence-electron chi connectivity index (χ1n) is 7.63. The van der Waals surface area contributed by atoms with Gasteiger partial charge < -0.3 is 0 Å². The number of pyridine rings is 1. The molecule has 0 spiro atoms. The number of aromatic nitrogens is 1. The summed E-state index contributed by atoms with van der Waals surface area (Å²) in [4.78, 5) is 4.82. The van der Waals surface area contributed by atoms with Crippen molar-refractivity contribution in [2.75, 3.05) is 0 Å². The first-order chi connectivity index (χ1) is 10.2. The fourth-order valence-corrected chi connectivity index (χ4v) is 2.89. The summed E-state index contributed by atoms with van der Waals surface area (Å²) in [6.45, 7) is 4.58. The van der Waals surface area contributed by atoms with Crippen molar-refractivity contribution in [1.29, 1.82) is 0 Å². The van der Waals surface area contributed by atoms with E-state index < -0.39 is 0 Å². The Morgan fingerprint density at radius 3 is 2.29 bits per heavy atom. The minimum Gasteiger partial charge on any atom is -0.253 e. The Labute approximate surface area is 126 Å². The maximum absolute atomic E-state index is 4.82. The predicted octanol–water partition coefficient (Wildman–Crippen LogP) is 5.22. The molecule has 0 unspecified atom stereocenters. The van der Waals surface area contributed by atoms with Crippen LogP contribution >= 0.6 is 0 Å². The number of hydrogen-bond donors (Lipinski definition) is 0. The van der Waals surface area contributed by atoms with Crippen molar-refractivity contribution in [3.05, 3.63) is 78.0 Å². The average molecular weight is 275 g/mol. The Bertz CT molecular complexity index is 716. The first-order valence-corrected chi connectivity index (χ1v) is 7.63. The summed E-state index contributed by atoms with van der Waals surface area (Å²) in [7, 11) is 0. The van der Waals surface area contributed by atoms with Gasteiger partial charge in [-0.15, -0.1) is 0 Å². The lowest BCUT2D eigenvalue weighted by molar-refractivity contribution is 0.491. The van der Waals surface area contributed by atoms with Gasteiger partial charge >= 0.3 is 0 Å². The van der Waals surface area contributed by atoms with E-state index in [2.05, 4.69) is 80.6 Å². The lowest BCUT2D eigenvalue weighted by atomic mass is 9.84. The highest BCUT2D eigenvalue weighted by Gasteiger charge is 2.17. The van der Waals surface area contributed by atoms with Crippen LogP contribution in [0, 0.1) is 5.92 Å². The van der Waals surface area contributed by atoms with Crippen LogP contribution in [0.25, 0.3) is 10.9 Å². The molecule has 0 aliphatic rings. The molecular weight excluding hydrogens is 254 g/mol. The fourth-order valence-electron chi connectivity index (χ4n) is 2.89. The van der Waals surface area contributed by atoms with Crippen LogP contribution in [-0.2, 0) is 6.42 Å². The van der Waals surface area contributed by atoms with Gasteiger partial charge in [0.05, 0.1) is 5.52 Å². The maximum atomic E-state index is 4.82. The molecule has 0 N–H and O–H groups in total. The first kappa shape index (κ1) is 13.8. The summed E-state index contributed by atoms with van der Waals surface area (Å²) in [5.41, 5.74) is 3.67. The predicted molar refractivity (Wildman–Crippen MR) is 89.5 cm³/mol. The highest BCUT2D eigenvalue weighted by Crippen LogP contribution is 2.28. The van der Waals surface area contributed by atoms with Crippen LogP contribution in [0.1, 0.15) is 31.0 Å². The maximum Gasteiger partial charge on any atom is 0.0705 e. The number of rotatable bonds is 4. The van der Waals surface area contributed by atoms with Crippen molar-refractivity contribution in [3.63, 3.8) is 0 Å². The molecular formula is C20H21N. The van der Waals surface area contributed by atoms with Gasteiger partial charge in [-0.2, -0.15) is 0 Å². The number of nitrogens with zero attached hydrogens (tertiary/aromatic N) is 1. The minimum absolute atomic E-state index is 0.514. The van der Waals surface area contributed by atoms with E-state index in [1.165, 1.54) is 16.6 Å². The van der Waals surface area contributed by atoms with E-state index in [1.54, 1.807) is 0 Å². The lowest BCUT2D eigenvalue weighted by Crippen LogP contribution is -2.11. The smallest absolute Gasteiger partial charge is 0.0705 e. The molecule has 2 aromatic carbocycles. The van der Waals surface area contributed by atoms with E-state index in [4.69, 9.17) is 4.98 Å².